The number of amides is 1. The summed E-state index contributed by atoms with van der Waals surface area (Å²) in [6, 6.07) is 2.31. The molecule has 0 spiro atoms. The highest BCUT2D eigenvalue weighted by Crippen LogP contribution is 2.31. The predicted molar refractivity (Wildman–Crippen MR) is 72.4 cm³/mol. The number of nitrogen functional groups attached to an aromatic ring is 1. The maximum absolute atomic E-state index is 12.4. The zero-order valence-corrected chi connectivity index (χ0v) is 11.3. The Kier molecular flexibility index (Phi) is 3.72. The minimum absolute atomic E-state index is 0.172. The predicted octanol–water partition coefficient (Wildman–Crippen LogP) is 3.04. The smallest absolute Gasteiger partial charge is 0.264 e. The van der Waals surface area contributed by atoms with Gasteiger partial charge in [-0.1, -0.05) is 13.3 Å². The van der Waals surface area contributed by atoms with Crippen molar-refractivity contribution in [3.63, 3.8) is 0 Å². The Morgan fingerprint density at radius 1 is 1.59 bits per heavy atom. The lowest BCUT2D eigenvalue weighted by atomic mass is 10.3. The molecular formula is C13H20N2OS. The van der Waals surface area contributed by atoms with E-state index in [0.29, 0.717) is 6.04 Å². The quantitative estimate of drug-likeness (QED) is 0.875. The Morgan fingerprint density at radius 2 is 2.29 bits per heavy atom. The number of anilines is 1. The lowest BCUT2D eigenvalue weighted by molar-refractivity contribution is 0.0745. The van der Waals surface area contributed by atoms with E-state index in [1.807, 2.05) is 17.9 Å². The van der Waals surface area contributed by atoms with Crippen LogP contribution in [0, 0.1) is 6.92 Å². The van der Waals surface area contributed by atoms with Crippen LogP contribution in [0.4, 0.5) is 5.69 Å². The first kappa shape index (κ1) is 12.4. The van der Waals surface area contributed by atoms with Crippen molar-refractivity contribution in [3.05, 3.63) is 15.8 Å². The standard InChI is InChI=1S/C13H20N2OS/c1-3-4-7-15(10-5-6-10)13(16)12-8-11(14)9(2)17-12/h8,10H,3-7,14H2,1-2H3. The molecule has 1 aromatic heterocycles. The van der Waals surface area contributed by atoms with Crippen LogP contribution in [0.25, 0.3) is 0 Å². The second kappa shape index (κ2) is 5.08. The molecule has 0 aliphatic heterocycles. The lowest BCUT2D eigenvalue weighted by Gasteiger charge is -2.21. The van der Waals surface area contributed by atoms with Gasteiger partial charge in [-0.05, 0) is 32.3 Å². The van der Waals surface area contributed by atoms with Crippen molar-refractivity contribution in [2.45, 2.75) is 45.6 Å². The molecule has 1 aliphatic rings. The van der Waals surface area contributed by atoms with E-state index in [4.69, 9.17) is 5.73 Å². The number of hydrogen-bond donors (Lipinski definition) is 1. The Bertz CT molecular complexity index is 390. The molecule has 1 aliphatic carbocycles. The Hall–Kier alpha value is -1.03. The molecule has 4 heteroatoms. The van der Waals surface area contributed by atoms with Crippen LogP contribution >= 0.6 is 11.3 Å². The summed E-state index contributed by atoms with van der Waals surface area (Å²) in [6.45, 7) is 5.00. The Morgan fingerprint density at radius 3 is 2.76 bits per heavy atom. The second-order valence-corrected chi connectivity index (χ2v) is 5.96. The minimum atomic E-state index is 0.172. The third-order valence-corrected chi connectivity index (χ3v) is 4.22. The summed E-state index contributed by atoms with van der Waals surface area (Å²) in [5.41, 5.74) is 6.55. The largest absolute Gasteiger partial charge is 0.398 e. The third-order valence-electron chi connectivity index (χ3n) is 3.17. The summed E-state index contributed by atoms with van der Waals surface area (Å²) >= 11 is 1.51. The van der Waals surface area contributed by atoms with E-state index in [-0.39, 0.29) is 5.91 Å². The Balaban J connectivity index is 2.09. The fourth-order valence-corrected chi connectivity index (χ4v) is 2.80. The van der Waals surface area contributed by atoms with E-state index in [1.165, 1.54) is 11.3 Å². The first-order valence-corrected chi connectivity index (χ1v) is 7.12. The molecule has 1 fully saturated rings. The molecule has 1 amide bonds. The van der Waals surface area contributed by atoms with Gasteiger partial charge in [-0.3, -0.25) is 4.79 Å². The molecule has 2 N–H and O–H groups in total. The van der Waals surface area contributed by atoms with Crippen LogP contribution in [0.5, 0.6) is 0 Å². The van der Waals surface area contributed by atoms with E-state index in [2.05, 4.69) is 6.92 Å². The molecule has 0 atom stereocenters. The van der Waals surface area contributed by atoms with E-state index in [0.717, 1.165) is 47.7 Å². The van der Waals surface area contributed by atoms with Crippen LogP contribution in [0.2, 0.25) is 0 Å². The van der Waals surface area contributed by atoms with Gasteiger partial charge in [-0.15, -0.1) is 11.3 Å². The molecule has 1 saturated carbocycles. The van der Waals surface area contributed by atoms with Gasteiger partial charge in [0.1, 0.15) is 0 Å². The van der Waals surface area contributed by atoms with Crippen LogP contribution in [-0.2, 0) is 0 Å². The minimum Gasteiger partial charge on any atom is -0.398 e. The number of hydrogen-bond acceptors (Lipinski definition) is 3. The Labute approximate surface area is 107 Å². The molecule has 17 heavy (non-hydrogen) atoms. The molecule has 1 heterocycles. The maximum atomic E-state index is 12.4. The monoisotopic (exact) mass is 252 g/mol. The van der Waals surface area contributed by atoms with E-state index in [9.17, 15) is 4.79 Å². The zero-order valence-electron chi connectivity index (χ0n) is 10.5. The van der Waals surface area contributed by atoms with Gasteiger partial charge in [-0.25, -0.2) is 0 Å². The van der Waals surface area contributed by atoms with E-state index in [1.54, 1.807) is 0 Å². The van der Waals surface area contributed by atoms with Crippen LogP contribution in [0.3, 0.4) is 0 Å². The molecule has 0 saturated heterocycles. The average molecular weight is 252 g/mol. The second-order valence-electron chi connectivity index (χ2n) is 4.71. The van der Waals surface area contributed by atoms with Gasteiger partial charge in [0, 0.05) is 23.2 Å². The topological polar surface area (TPSA) is 46.3 Å². The summed E-state index contributed by atoms with van der Waals surface area (Å²) in [5.74, 6) is 0.172. The van der Waals surface area contributed by atoms with Crippen LogP contribution in [0.15, 0.2) is 6.07 Å². The SMILES string of the molecule is CCCCN(C(=O)c1cc(N)c(C)s1)C1CC1. The summed E-state index contributed by atoms with van der Waals surface area (Å²) in [7, 11) is 0. The zero-order chi connectivity index (χ0) is 12.4. The molecule has 0 unspecified atom stereocenters. The van der Waals surface area contributed by atoms with Crippen LogP contribution < -0.4 is 5.73 Å². The van der Waals surface area contributed by atoms with Gasteiger partial charge in [0.15, 0.2) is 0 Å². The summed E-state index contributed by atoms with van der Waals surface area (Å²) in [4.78, 5) is 16.3. The van der Waals surface area contributed by atoms with Crippen molar-refractivity contribution >= 4 is 22.9 Å². The number of nitrogens with two attached hydrogens (primary N) is 1. The summed E-state index contributed by atoms with van der Waals surface area (Å²) < 4.78 is 0. The van der Waals surface area contributed by atoms with Gasteiger partial charge in [0.05, 0.1) is 4.88 Å². The molecule has 0 bridgehead atoms. The number of thiophene rings is 1. The summed E-state index contributed by atoms with van der Waals surface area (Å²) in [6.07, 6.45) is 4.54. The van der Waals surface area contributed by atoms with Crippen molar-refractivity contribution in [3.8, 4) is 0 Å². The van der Waals surface area contributed by atoms with E-state index < -0.39 is 0 Å². The highest BCUT2D eigenvalue weighted by molar-refractivity contribution is 7.14. The van der Waals surface area contributed by atoms with Gasteiger partial charge in [0.25, 0.3) is 5.91 Å². The maximum Gasteiger partial charge on any atom is 0.264 e. The van der Waals surface area contributed by atoms with Crippen molar-refractivity contribution in [2.75, 3.05) is 12.3 Å². The number of nitrogens with zero attached hydrogens (tertiary/aromatic N) is 1. The number of rotatable bonds is 5. The fraction of sp³-hybridized carbons (Fsp3) is 0.615. The van der Waals surface area contributed by atoms with Gasteiger partial charge in [0.2, 0.25) is 0 Å². The normalized spacial score (nSPS) is 14.9. The molecule has 3 nitrogen and oxygen atoms in total. The molecule has 1 aromatic rings. The first-order valence-electron chi connectivity index (χ1n) is 6.30. The lowest BCUT2D eigenvalue weighted by Crippen LogP contribution is -2.33. The third kappa shape index (κ3) is 2.80. The number of aryl methyl sites for hydroxylation is 1. The number of carbonyl (C=O) groups is 1. The average Bonchev–Trinajstić information content (AvgIpc) is 3.07. The van der Waals surface area contributed by atoms with Gasteiger partial charge < -0.3 is 10.6 Å². The number of unbranched alkanes of at least 4 members (excludes halogenated alkanes) is 1. The molecular weight excluding hydrogens is 232 g/mol. The first-order chi connectivity index (χ1) is 8.13. The van der Waals surface area contributed by atoms with E-state index >= 15 is 0 Å². The fourth-order valence-electron chi connectivity index (χ4n) is 1.91. The van der Waals surface area contributed by atoms with Crippen LogP contribution in [-0.4, -0.2) is 23.4 Å². The summed E-state index contributed by atoms with van der Waals surface area (Å²) in [5, 5.41) is 0. The van der Waals surface area contributed by atoms with Crippen molar-refractivity contribution in [1.82, 2.24) is 4.90 Å². The van der Waals surface area contributed by atoms with Crippen LogP contribution in [0.1, 0.15) is 47.2 Å². The van der Waals surface area contributed by atoms with Gasteiger partial charge in [-0.2, -0.15) is 0 Å². The highest BCUT2D eigenvalue weighted by Gasteiger charge is 2.33. The molecule has 94 valence electrons. The van der Waals surface area contributed by atoms with Crippen molar-refractivity contribution < 1.29 is 4.79 Å². The molecule has 0 aromatic carbocycles. The van der Waals surface area contributed by atoms with Crippen molar-refractivity contribution in [2.24, 2.45) is 0 Å². The molecule has 2 rings (SSSR count). The molecule has 0 radical (unpaired) electrons. The number of carbonyl (C=O) groups excluding carboxylic acids is 1. The van der Waals surface area contributed by atoms with Crippen molar-refractivity contribution in [1.29, 1.82) is 0 Å². The van der Waals surface area contributed by atoms with Gasteiger partial charge >= 0.3 is 0 Å². The highest BCUT2D eigenvalue weighted by atomic mass is 32.1.